The Morgan fingerprint density at radius 1 is 1.47 bits per heavy atom. The van der Waals surface area contributed by atoms with Gasteiger partial charge in [-0.3, -0.25) is 4.79 Å². The molecule has 2 atom stereocenters. The van der Waals surface area contributed by atoms with Gasteiger partial charge in [0.1, 0.15) is 0 Å². The van der Waals surface area contributed by atoms with E-state index in [-0.39, 0.29) is 18.0 Å². The van der Waals surface area contributed by atoms with Crippen LogP contribution < -0.4 is 10.6 Å². The molecule has 0 aromatic heterocycles. The molecule has 104 valence electrons. The number of carbonyl (C=O) groups excluding carboxylic acids is 1. The fraction of sp³-hybridized carbons (Fsp3) is 0.533. The minimum absolute atomic E-state index is 0.0821. The summed E-state index contributed by atoms with van der Waals surface area (Å²) < 4.78 is 5.36. The summed E-state index contributed by atoms with van der Waals surface area (Å²) in [6.07, 6.45) is 1.37. The van der Waals surface area contributed by atoms with Gasteiger partial charge in [-0.25, -0.2) is 0 Å². The Morgan fingerprint density at radius 3 is 2.89 bits per heavy atom. The Hall–Kier alpha value is -1.39. The van der Waals surface area contributed by atoms with Crippen LogP contribution in [0.5, 0.6) is 0 Å². The van der Waals surface area contributed by atoms with Crippen LogP contribution in [0, 0.1) is 0 Å². The van der Waals surface area contributed by atoms with E-state index in [2.05, 4.69) is 29.7 Å². The molecule has 1 aliphatic rings. The van der Waals surface area contributed by atoms with Gasteiger partial charge in [-0.05, 0) is 12.0 Å². The first-order chi connectivity index (χ1) is 9.29. The Labute approximate surface area is 114 Å². The first kappa shape index (κ1) is 14.0. The summed E-state index contributed by atoms with van der Waals surface area (Å²) in [5, 5.41) is 6.39. The fourth-order valence-electron chi connectivity index (χ4n) is 2.33. The molecule has 1 fully saturated rings. The fourth-order valence-corrected chi connectivity index (χ4v) is 2.33. The molecule has 1 aliphatic heterocycles. The highest BCUT2D eigenvalue weighted by Gasteiger charge is 2.19. The first-order valence-electron chi connectivity index (χ1n) is 6.95. The molecule has 1 aromatic rings. The molecule has 4 heteroatoms. The lowest BCUT2D eigenvalue weighted by atomic mass is 10.0. The summed E-state index contributed by atoms with van der Waals surface area (Å²) in [5.41, 5.74) is 1.16. The Bertz CT molecular complexity index is 388. The van der Waals surface area contributed by atoms with E-state index in [4.69, 9.17) is 4.74 Å². The highest BCUT2D eigenvalue weighted by Crippen LogP contribution is 2.16. The van der Waals surface area contributed by atoms with Gasteiger partial charge in [0.2, 0.25) is 5.91 Å². The summed E-state index contributed by atoms with van der Waals surface area (Å²) in [4.78, 5) is 12.0. The van der Waals surface area contributed by atoms with Crippen LogP contribution in [0.15, 0.2) is 30.3 Å². The van der Waals surface area contributed by atoms with Gasteiger partial charge in [0, 0.05) is 19.0 Å². The van der Waals surface area contributed by atoms with Gasteiger partial charge in [0.25, 0.3) is 0 Å². The number of ether oxygens (including phenoxy) is 1. The maximum Gasteiger partial charge on any atom is 0.222 e. The highest BCUT2D eigenvalue weighted by atomic mass is 16.5. The van der Waals surface area contributed by atoms with Crippen LogP contribution in [0.3, 0.4) is 0 Å². The van der Waals surface area contributed by atoms with Crippen molar-refractivity contribution in [3.63, 3.8) is 0 Å². The Balaban J connectivity index is 1.85. The highest BCUT2D eigenvalue weighted by molar-refractivity contribution is 5.77. The molecule has 2 rings (SSSR count). The maximum absolute atomic E-state index is 12.0. The second kappa shape index (κ2) is 7.26. The molecule has 0 saturated carbocycles. The van der Waals surface area contributed by atoms with Crippen molar-refractivity contribution < 1.29 is 9.53 Å². The third-order valence-electron chi connectivity index (χ3n) is 3.38. The standard InChI is InChI=1S/C15H22N2O2/c1-2-14(12-6-4-3-5-7-12)17-15(18)10-13-11-19-9-8-16-13/h3-7,13-14,16H,2,8-11H2,1H3,(H,17,18). The van der Waals surface area contributed by atoms with Crippen molar-refractivity contribution in [2.75, 3.05) is 19.8 Å². The molecule has 2 unspecified atom stereocenters. The normalized spacial score (nSPS) is 20.8. The molecule has 0 spiro atoms. The molecule has 1 heterocycles. The van der Waals surface area contributed by atoms with Gasteiger partial charge in [-0.15, -0.1) is 0 Å². The molecule has 2 N–H and O–H groups in total. The van der Waals surface area contributed by atoms with Gasteiger partial charge in [0.05, 0.1) is 19.3 Å². The summed E-state index contributed by atoms with van der Waals surface area (Å²) in [6, 6.07) is 10.3. The lowest BCUT2D eigenvalue weighted by molar-refractivity contribution is -0.123. The van der Waals surface area contributed by atoms with Crippen molar-refractivity contribution in [2.45, 2.75) is 31.8 Å². The molecule has 0 radical (unpaired) electrons. The third-order valence-corrected chi connectivity index (χ3v) is 3.38. The number of amides is 1. The predicted octanol–water partition coefficient (Wildman–Crippen LogP) is 1.63. The van der Waals surface area contributed by atoms with E-state index in [1.807, 2.05) is 18.2 Å². The van der Waals surface area contributed by atoms with E-state index in [9.17, 15) is 4.79 Å². The number of nitrogens with one attached hydrogen (secondary N) is 2. The molecular weight excluding hydrogens is 240 g/mol. The van der Waals surface area contributed by atoms with E-state index in [1.54, 1.807) is 0 Å². The van der Waals surface area contributed by atoms with Gasteiger partial charge in [-0.1, -0.05) is 37.3 Å². The summed E-state index contributed by atoms with van der Waals surface area (Å²) in [7, 11) is 0. The second-order valence-electron chi connectivity index (χ2n) is 4.87. The van der Waals surface area contributed by atoms with Crippen molar-refractivity contribution >= 4 is 5.91 Å². The topological polar surface area (TPSA) is 50.4 Å². The van der Waals surface area contributed by atoms with E-state index in [0.29, 0.717) is 13.0 Å². The van der Waals surface area contributed by atoms with E-state index < -0.39 is 0 Å². The Morgan fingerprint density at radius 2 is 2.26 bits per heavy atom. The smallest absolute Gasteiger partial charge is 0.222 e. The minimum atomic E-state index is 0.0821. The van der Waals surface area contributed by atoms with E-state index >= 15 is 0 Å². The zero-order valence-electron chi connectivity index (χ0n) is 11.4. The van der Waals surface area contributed by atoms with Crippen LogP contribution in [0.25, 0.3) is 0 Å². The number of carbonyl (C=O) groups is 1. The maximum atomic E-state index is 12.0. The average Bonchev–Trinajstić information content (AvgIpc) is 2.47. The number of hydrogen-bond donors (Lipinski definition) is 2. The number of hydrogen-bond acceptors (Lipinski definition) is 3. The number of benzene rings is 1. The lowest BCUT2D eigenvalue weighted by Crippen LogP contribution is -2.44. The third kappa shape index (κ3) is 4.33. The zero-order valence-corrected chi connectivity index (χ0v) is 11.4. The largest absolute Gasteiger partial charge is 0.378 e. The monoisotopic (exact) mass is 262 g/mol. The van der Waals surface area contributed by atoms with Crippen LogP contribution in [0.2, 0.25) is 0 Å². The number of rotatable bonds is 5. The zero-order chi connectivity index (χ0) is 13.5. The summed E-state index contributed by atoms with van der Waals surface area (Å²) in [5.74, 6) is 0.0821. The molecule has 0 bridgehead atoms. The van der Waals surface area contributed by atoms with Crippen molar-refractivity contribution in [2.24, 2.45) is 0 Å². The van der Waals surface area contributed by atoms with Gasteiger partial charge in [0.15, 0.2) is 0 Å². The molecule has 19 heavy (non-hydrogen) atoms. The van der Waals surface area contributed by atoms with Crippen molar-refractivity contribution in [1.82, 2.24) is 10.6 Å². The van der Waals surface area contributed by atoms with Crippen molar-refractivity contribution in [3.8, 4) is 0 Å². The first-order valence-corrected chi connectivity index (χ1v) is 6.95. The quantitative estimate of drug-likeness (QED) is 0.848. The molecule has 1 aromatic carbocycles. The van der Waals surface area contributed by atoms with Crippen LogP contribution in [-0.4, -0.2) is 31.7 Å². The van der Waals surface area contributed by atoms with Crippen LogP contribution >= 0.6 is 0 Å². The van der Waals surface area contributed by atoms with Crippen LogP contribution in [-0.2, 0) is 9.53 Å². The predicted molar refractivity (Wildman–Crippen MR) is 74.8 cm³/mol. The molecule has 4 nitrogen and oxygen atoms in total. The molecule has 1 amide bonds. The summed E-state index contributed by atoms with van der Waals surface area (Å²) in [6.45, 7) is 4.27. The molecule has 1 saturated heterocycles. The SMILES string of the molecule is CCC(NC(=O)CC1COCCN1)c1ccccc1. The Kier molecular flexibility index (Phi) is 5.36. The van der Waals surface area contributed by atoms with Crippen molar-refractivity contribution in [3.05, 3.63) is 35.9 Å². The van der Waals surface area contributed by atoms with Crippen molar-refractivity contribution in [1.29, 1.82) is 0 Å². The van der Waals surface area contributed by atoms with Gasteiger partial charge >= 0.3 is 0 Å². The van der Waals surface area contributed by atoms with E-state index in [0.717, 1.165) is 25.1 Å². The minimum Gasteiger partial charge on any atom is -0.378 e. The molecular formula is C15H22N2O2. The van der Waals surface area contributed by atoms with Crippen LogP contribution in [0.4, 0.5) is 0 Å². The number of morpholine rings is 1. The summed E-state index contributed by atoms with van der Waals surface area (Å²) >= 11 is 0. The van der Waals surface area contributed by atoms with Gasteiger partial charge < -0.3 is 15.4 Å². The van der Waals surface area contributed by atoms with Gasteiger partial charge in [-0.2, -0.15) is 0 Å². The van der Waals surface area contributed by atoms with Crippen LogP contribution in [0.1, 0.15) is 31.4 Å². The second-order valence-corrected chi connectivity index (χ2v) is 4.87. The lowest BCUT2D eigenvalue weighted by Gasteiger charge is -2.24. The molecule has 0 aliphatic carbocycles. The van der Waals surface area contributed by atoms with E-state index in [1.165, 1.54) is 0 Å². The average molecular weight is 262 g/mol.